The van der Waals surface area contributed by atoms with E-state index in [1.54, 1.807) is 0 Å². The highest BCUT2D eigenvalue weighted by atomic mass is 32.2. The van der Waals surface area contributed by atoms with Crippen molar-refractivity contribution in [3.63, 3.8) is 0 Å². The van der Waals surface area contributed by atoms with E-state index in [4.69, 9.17) is 9.47 Å². The van der Waals surface area contributed by atoms with Crippen LogP contribution in [0.5, 0.6) is 0 Å². The lowest BCUT2D eigenvalue weighted by molar-refractivity contribution is -0.174. The van der Waals surface area contributed by atoms with E-state index >= 15 is 0 Å². The van der Waals surface area contributed by atoms with E-state index in [0.717, 1.165) is 25.7 Å². The molecular formula is C22H36N2O5S. The lowest BCUT2D eigenvalue weighted by Crippen LogP contribution is -2.59. The van der Waals surface area contributed by atoms with Crippen molar-refractivity contribution in [3.8, 4) is 0 Å². The van der Waals surface area contributed by atoms with Gasteiger partial charge in [0.25, 0.3) is 0 Å². The molecule has 3 aliphatic rings. The van der Waals surface area contributed by atoms with Crippen LogP contribution in [0.25, 0.3) is 0 Å². The van der Waals surface area contributed by atoms with Crippen molar-refractivity contribution in [2.75, 3.05) is 6.54 Å². The van der Waals surface area contributed by atoms with Crippen molar-refractivity contribution in [1.29, 1.82) is 0 Å². The molecule has 0 radical (unpaired) electrons. The second kappa shape index (κ2) is 9.47. The highest BCUT2D eigenvalue weighted by Crippen LogP contribution is 2.50. The summed E-state index contributed by atoms with van der Waals surface area (Å²) < 4.78 is 11.3. The zero-order valence-corrected chi connectivity index (χ0v) is 19.4. The topological polar surface area (TPSA) is 93.7 Å². The maximum Gasteiger partial charge on any atom is 0.407 e. The quantitative estimate of drug-likeness (QED) is 0.608. The van der Waals surface area contributed by atoms with Gasteiger partial charge in [-0.2, -0.15) is 0 Å². The largest absolute Gasteiger partial charge is 0.444 e. The molecule has 3 fully saturated rings. The number of hydrogen-bond donors (Lipinski definition) is 2. The monoisotopic (exact) mass is 440 g/mol. The molecule has 170 valence electrons. The molecule has 1 amide bonds. The first-order chi connectivity index (χ1) is 14.1. The Labute approximate surface area is 183 Å². The summed E-state index contributed by atoms with van der Waals surface area (Å²) in [6.07, 6.45) is 7.46. The second-order valence-electron chi connectivity index (χ2n) is 9.85. The van der Waals surface area contributed by atoms with E-state index in [0.29, 0.717) is 31.2 Å². The number of ether oxygens (including phenoxy) is 2. The number of alkyl carbamates (subject to hydrolysis) is 1. The molecule has 1 heterocycles. The summed E-state index contributed by atoms with van der Waals surface area (Å²) in [6, 6.07) is -0.399. The van der Waals surface area contributed by atoms with Gasteiger partial charge >= 0.3 is 12.1 Å². The standard InChI is InChI=1S/C22H36N2O5S/c1-14(25)30-17(11-12-23-20(27)29-21(2,3)4)13-18-19(26)28-22(24-18)15-7-5-8-16(22)10-6-9-15/h15-18,24H,5-13H2,1-4H3,(H,23,27)/t15?,16?,17?,18-,22?/m0/s1. The molecule has 1 aliphatic heterocycles. The molecule has 1 spiro atoms. The Morgan fingerprint density at radius 3 is 2.37 bits per heavy atom. The lowest BCUT2D eigenvalue weighted by atomic mass is 9.65. The third kappa shape index (κ3) is 5.69. The summed E-state index contributed by atoms with van der Waals surface area (Å²) in [5.41, 5.74) is -1.06. The predicted molar refractivity (Wildman–Crippen MR) is 116 cm³/mol. The lowest BCUT2D eigenvalue weighted by Gasteiger charge is -2.49. The maximum atomic E-state index is 12.8. The van der Waals surface area contributed by atoms with Crippen molar-refractivity contribution < 1.29 is 23.9 Å². The van der Waals surface area contributed by atoms with Gasteiger partial charge in [0, 0.05) is 30.6 Å². The first kappa shape index (κ1) is 23.4. The Kier molecular flexibility index (Phi) is 7.38. The van der Waals surface area contributed by atoms with Gasteiger partial charge in [-0.05, 0) is 59.3 Å². The Bertz CT molecular complexity index is 640. The van der Waals surface area contributed by atoms with E-state index in [-0.39, 0.29) is 16.3 Å². The van der Waals surface area contributed by atoms with Crippen LogP contribution >= 0.6 is 11.8 Å². The van der Waals surface area contributed by atoms with E-state index in [2.05, 4.69) is 10.6 Å². The smallest absolute Gasteiger partial charge is 0.407 e. The van der Waals surface area contributed by atoms with Crippen molar-refractivity contribution in [2.45, 2.75) is 102 Å². The van der Waals surface area contributed by atoms with Crippen LogP contribution in [0.15, 0.2) is 0 Å². The average Bonchev–Trinajstić information content (AvgIpc) is 2.88. The Balaban J connectivity index is 1.57. The maximum absolute atomic E-state index is 12.8. The molecule has 0 aromatic rings. The van der Waals surface area contributed by atoms with Crippen molar-refractivity contribution in [2.24, 2.45) is 11.8 Å². The summed E-state index contributed by atoms with van der Waals surface area (Å²) in [5, 5.41) is 6.25. The summed E-state index contributed by atoms with van der Waals surface area (Å²) in [5.74, 6) is 0.599. The molecule has 3 rings (SSSR count). The van der Waals surface area contributed by atoms with Crippen molar-refractivity contribution in [3.05, 3.63) is 0 Å². The van der Waals surface area contributed by atoms with E-state index in [1.165, 1.54) is 31.5 Å². The molecule has 2 bridgehead atoms. The van der Waals surface area contributed by atoms with Crippen LogP contribution in [-0.2, 0) is 19.1 Å². The van der Waals surface area contributed by atoms with E-state index in [9.17, 15) is 14.4 Å². The van der Waals surface area contributed by atoms with Gasteiger partial charge in [-0.1, -0.05) is 24.6 Å². The van der Waals surface area contributed by atoms with Crippen LogP contribution in [0.3, 0.4) is 0 Å². The van der Waals surface area contributed by atoms with Gasteiger partial charge in [-0.3, -0.25) is 14.9 Å². The number of thioether (sulfide) groups is 1. The van der Waals surface area contributed by atoms with Gasteiger partial charge in [0.1, 0.15) is 11.6 Å². The molecule has 8 heteroatoms. The first-order valence-electron chi connectivity index (χ1n) is 11.2. The molecule has 1 saturated heterocycles. The van der Waals surface area contributed by atoms with Crippen molar-refractivity contribution >= 4 is 28.9 Å². The minimum atomic E-state index is -0.554. The van der Waals surface area contributed by atoms with E-state index < -0.39 is 23.5 Å². The minimum absolute atomic E-state index is 0.00730. The summed E-state index contributed by atoms with van der Waals surface area (Å²) in [6.45, 7) is 7.36. The minimum Gasteiger partial charge on any atom is -0.444 e. The fourth-order valence-electron chi connectivity index (χ4n) is 5.23. The Hall–Kier alpha value is -1.28. The highest BCUT2D eigenvalue weighted by molar-refractivity contribution is 8.14. The SMILES string of the molecule is CC(=O)SC(CCNC(=O)OC(C)(C)C)C[C@@H]1NC2(OC1=O)C1CCCC2CCC1. The first-order valence-corrected chi connectivity index (χ1v) is 12.1. The van der Waals surface area contributed by atoms with Gasteiger partial charge in [0.2, 0.25) is 0 Å². The molecular weight excluding hydrogens is 404 g/mol. The number of hydrogen-bond acceptors (Lipinski definition) is 7. The summed E-state index contributed by atoms with van der Waals surface area (Å²) in [4.78, 5) is 36.4. The van der Waals surface area contributed by atoms with Gasteiger partial charge in [0.15, 0.2) is 10.8 Å². The Morgan fingerprint density at radius 2 is 1.83 bits per heavy atom. The van der Waals surface area contributed by atoms with Gasteiger partial charge in [-0.25, -0.2) is 4.79 Å². The third-order valence-electron chi connectivity index (χ3n) is 6.34. The normalized spacial score (nSPS) is 31.9. The number of carbonyl (C=O) groups is 3. The second-order valence-corrected chi connectivity index (χ2v) is 11.3. The number of rotatable bonds is 6. The zero-order valence-electron chi connectivity index (χ0n) is 18.6. The van der Waals surface area contributed by atoms with Gasteiger partial charge in [-0.15, -0.1) is 0 Å². The number of carbonyl (C=O) groups excluding carboxylic acids is 3. The molecule has 2 atom stereocenters. The molecule has 30 heavy (non-hydrogen) atoms. The van der Waals surface area contributed by atoms with Crippen LogP contribution in [0, 0.1) is 11.8 Å². The summed E-state index contributed by atoms with van der Waals surface area (Å²) in [7, 11) is 0. The van der Waals surface area contributed by atoms with Crippen LogP contribution < -0.4 is 10.6 Å². The molecule has 2 N–H and O–H groups in total. The number of amides is 1. The fourth-order valence-corrected chi connectivity index (χ4v) is 6.22. The average molecular weight is 441 g/mol. The fraction of sp³-hybridized carbons (Fsp3) is 0.864. The number of esters is 1. The molecule has 0 aromatic carbocycles. The molecule has 1 unspecified atom stereocenters. The molecule has 7 nitrogen and oxygen atoms in total. The van der Waals surface area contributed by atoms with Gasteiger partial charge in [0.05, 0.1) is 0 Å². The predicted octanol–water partition coefficient (Wildman–Crippen LogP) is 3.75. The van der Waals surface area contributed by atoms with Crippen LogP contribution in [0.4, 0.5) is 4.79 Å². The molecule has 2 aliphatic carbocycles. The number of nitrogens with one attached hydrogen (secondary N) is 2. The van der Waals surface area contributed by atoms with Crippen molar-refractivity contribution in [1.82, 2.24) is 10.6 Å². The van der Waals surface area contributed by atoms with Crippen LogP contribution in [0.2, 0.25) is 0 Å². The van der Waals surface area contributed by atoms with Crippen LogP contribution in [0.1, 0.15) is 79.1 Å². The van der Waals surface area contributed by atoms with Gasteiger partial charge < -0.3 is 14.8 Å². The Morgan fingerprint density at radius 1 is 1.23 bits per heavy atom. The van der Waals surface area contributed by atoms with Crippen LogP contribution in [-0.4, -0.2) is 46.3 Å². The van der Waals surface area contributed by atoms with E-state index in [1.807, 2.05) is 20.8 Å². The molecule has 0 aromatic heterocycles. The zero-order chi connectivity index (χ0) is 21.9. The highest BCUT2D eigenvalue weighted by Gasteiger charge is 2.58. The summed E-state index contributed by atoms with van der Waals surface area (Å²) >= 11 is 1.23. The third-order valence-corrected chi connectivity index (χ3v) is 7.44. The molecule has 2 saturated carbocycles.